The van der Waals surface area contributed by atoms with Crippen molar-refractivity contribution in [2.24, 2.45) is 0 Å². The fourth-order valence-electron chi connectivity index (χ4n) is 3.09. The average molecular weight is 355 g/mol. The van der Waals surface area contributed by atoms with Crippen molar-refractivity contribution in [3.05, 3.63) is 61.1 Å². The molecule has 25 heavy (non-hydrogen) atoms. The highest BCUT2D eigenvalue weighted by molar-refractivity contribution is 7.89. The van der Waals surface area contributed by atoms with Crippen LogP contribution in [0.2, 0.25) is 0 Å². The number of ether oxygens (including phenoxy) is 1. The summed E-state index contributed by atoms with van der Waals surface area (Å²) in [7, 11) is -3.57. The summed E-state index contributed by atoms with van der Waals surface area (Å²) in [6.07, 6.45) is 3.43. The molecule has 0 saturated carbocycles. The van der Waals surface area contributed by atoms with E-state index < -0.39 is 10.0 Å². The molecule has 6 nitrogen and oxygen atoms in total. The largest absolute Gasteiger partial charge is 0.473 e. The molecule has 1 saturated heterocycles. The van der Waals surface area contributed by atoms with Crippen LogP contribution in [-0.4, -0.2) is 41.9 Å². The van der Waals surface area contributed by atoms with Crippen LogP contribution >= 0.6 is 0 Å². The van der Waals surface area contributed by atoms with Gasteiger partial charge in [0.25, 0.3) is 0 Å². The molecular formula is C18H17N3O3S. The molecule has 1 atom stereocenters. The van der Waals surface area contributed by atoms with Gasteiger partial charge < -0.3 is 4.74 Å². The quantitative estimate of drug-likeness (QED) is 0.719. The lowest BCUT2D eigenvalue weighted by Gasteiger charge is -2.18. The Labute approximate surface area is 146 Å². The first kappa shape index (κ1) is 16.0. The molecule has 4 rings (SSSR count). The predicted octanol–water partition coefficient (Wildman–Crippen LogP) is 2.47. The summed E-state index contributed by atoms with van der Waals surface area (Å²) < 4.78 is 33.4. The van der Waals surface area contributed by atoms with E-state index in [1.165, 1.54) is 10.6 Å². The zero-order valence-corrected chi connectivity index (χ0v) is 14.3. The van der Waals surface area contributed by atoms with Gasteiger partial charge in [-0.15, -0.1) is 0 Å². The molecule has 3 aromatic rings. The number of aromatic nitrogens is 2. The van der Waals surface area contributed by atoms with Gasteiger partial charge in [0.2, 0.25) is 15.9 Å². The van der Waals surface area contributed by atoms with Gasteiger partial charge in [-0.2, -0.15) is 4.31 Å². The highest BCUT2D eigenvalue weighted by atomic mass is 32.2. The van der Waals surface area contributed by atoms with E-state index in [9.17, 15) is 8.42 Å². The summed E-state index contributed by atoms with van der Waals surface area (Å²) in [4.78, 5) is 8.21. The number of benzene rings is 2. The monoisotopic (exact) mass is 355 g/mol. The first-order chi connectivity index (χ1) is 12.1. The minimum atomic E-state index is -3.57. The minimum Gasteiger partial charge on any atom is -0.473 e. The Morgan fingerprint density at radius 3 is 2.76 bits per heavy atom. The maximum atomic E-state index is 13.1. The van der Waals surface area contributed by atoms with Crippen molar-refractivity contribution in [1.29, 1.82) is 0 Å². The van der Waals surface area contributed by atoms with Gasteiger partial charge in [-0.05, 0) is 17.9 Å². The second-order valence-electron chi connectivity index (χ2n) is 5.92. The predicted molar refractivity (Wildman–Crippen MR) is 93.8 cm³/mol. The Morgan fingerprint density at radius 2 is 1.92 bits per heavy atom. The van der Waals surface area contributed by atoms with Crippen molar-refractivity contribution >= 4 is 20.8 Å². The van der Waals surface area contributed by atoms with Gasteiger partial charge in [0.1, 0.15) is 12.4 Å². The molecule has 1 aromatic heterocycles. The average Bonchev–Trinajstić information content (AvgIpc) is 3.11. The Hall–Kier alpha value is -2.51. The van der Waals surface area contributed by atoms with Gasteiger partial charge >= 0.3 is 0 Å². The normalized spacial score (nSPS) is 18.5. The Bertz CT molecular complexity index is 987. The molecular weight excluding hydrogens is 338 g/mol. The van der Waals surface area contributed by atoms with E-state index in [0.29, 0.717) is 30.3 Å². The third kappa shape index (κ3) is 3.08. The minimum absolute atomic E-state index is 0.209. The molecule has 1 aliphatic rings. The highest BCUT2D eigenvalue weighted by Crippen LogP contribution is 2.28. The molecule has 0 unspecified atom stereocenters. The molecule has 128 valence electrons. The van der Waals surface area contributed by atoms with Crippen molar-refractivity contribution in [2.45, 2.75) is 17.4 Å². The van der Waals surface area contributed by atoms with E-state index in [0.717, 1.165) is 10.8 Å². The number of hydrogen-bond donors (Lipinski definition) is 0. The van der Waals surface area contributed by atoms with E-state index in [-0.39, 0.29) is 6.10 Å². The number of sulfonamides is 1. The van der Waals surface area contributed by atoms with Crippen LogP contribution in [0.15, 0.2) is 66.0 Å². The number of fused-ring (bicyclic) bond motifs is 1. The summed E-state index contributed by atoms with van der Waals surface area (Å²) in [5, 5.41) is 1.65. The maximum absolute atomic E-state index is 13.1. The van der Waals surface area contributed by atoms with Crippen molar-refractivity contribution in [3.8, 4) is 5.88 Å². The summed E-state index contributed by atoms with van der Waals surface area (Å²) in [6.45, 7) is 0.747. The first-order valence-corrected chi connectivity index (χ1v) is 9.49. The van der Waals surface area contributed by atoms with Gasteiger partial charge in [-0.3, -0.25) is 0 Å². The first-order valence-electron chi connectivity index (χ1n) is 8.05. The molecule has 0 N–H and O–H groups in total. The van der Waals surface area contributed by atoms with Crippen molar-refractivity contribution < 1.29 is 13.2 Å². The van der Waals surface area contributed by atoms with E-state index in [4.69, 9.17) is 4.74 Å². The zero-order valence-electron chi connectivity index (χ0n) is 13.4. The Morgan fingerprint density at radius 1 is 1.08 bits per heavy atom. The molecule has 0 bridgehead atoms. The molecule has 1 aliphatic heterocycles. The molecule has 1 fully saturated rings. The Balaban J connectivity index is 1.59. The van der Waals surface area contributed by atoms with Crippen molar-refractivity contribution in [3.63, 3.8) is 0 Å². The summed E-state index contributed by atoms with van der Waals surface area (Å²) in [6, 6.07) is 14.5. The lowest BCUT2D eigenvalue weighted by molar-refractivity contribution is 0.206. The van der Waals surface area contributed by atoms with E-state index in [2.05, 4.69) is 9.97 Å². The number of nitrogens with zero attached hydrogens (tertiary/aromatic N) is 3. The van der Waals surface area contributed by atoms with Crippen LogP contribution in [0.1, 0.15) is 6.42 Å². The second kappa shape index (κ2) is 6.42. The van der Waals surface area contributed by atoms with Gasteiger partial charge in [0, 0.05) is 24.2 Å². The third-order valence-electron chi connectivity index (χ3n) is 4.32. The van der Waals surface area contributed by atoms with E-state index in [1.807, 2.05) is 30.3 Å². The zero-order chi connectivity index (χ0) is 17.3. The third-order valence-corrected chi connectivity index (χ3v) is 6.24. The molecule has 0 amide bonds. The van der Waals surface area contributed by atoms with Crippen LogP contribution in [0.5, 0.6) is 5.88 Å². The summed E-state index contributed by atoms with van der Waals surface area (Å²) >= 11 is 0. The molecule has 7 heteroatoms. The number of hydrogen-bond acceptors (Lipinski definition) is 5. The lowest BCUT2D eigenvalue weighted by atomic mass is 10.1. The van der Waals surface area contributed by atoms with Crippen LogP contribution in [0.4, 0.5) is 0 Å². The lowest BCUT2D eigenvalue weighted by Crippen LogP contribution is -2.31. The van der Waals surface area contributed by atoms with E-state index in [1.54, 1.807) is 24.4 Å². The highest BCUT2D eigenvalue weighted by Gasteiger charge is 2.34. The maximum Gasteiger partial charge on any atom is 0.243 e. The van der Waals surface area contributed by atoms with Crippen LogP contribution in [0, 0.1) is 0 Å². The smallest absolute Gasteiger partial charge is 0.243 e. The van der Waals surface area contributed by atoms with Crippen LogP contribution in [0.25, 0.3) is 10.8 Å². The standard InChI is InChI=1S/C18H17N3O3S/c22-25(23,17-7-3-5-14-4-1-2-6-16(14)17)21-11-9-15(12-21)24-18-8-10-19-13-20-18/h1-8,10,13,15H,9,11-12H2/t15-/m1/s1. The topological polar surface area (TPSA) is 72.4 Å². The summed E-state index contributed by atoms with van der Waals surface area (Å²) in [5.74, 6) is 0.462. The van der Waals surface area contributed by atoms with Crippen LogP contribution < -0.4 is 4.74 Å². The molecule has 0 aliphatic carbocycles. The van der Waals surface area contributed by atoms with Gasteiger partial charge in [0.15, 0.2) is 0 Å². The van der Waals surface area contributed by atoms with Crippen molar-refractivity contribution in [2.75, 3.05) is 13.1 Å². The molecule has 2 aromatic carbocycles. The van der Waals surface area contributed by atoms with Gasteiger partial charge in [-0.25, -0.2) is 18.4 Å². The summed E-state index contributed by atoms with van der Waals surface area (Å²) in [5.41, 5.74) is 0. The van der Waals surface area contributed by atoms with Crippen LogP contribution in [0.3, 0.4) is 0 Å². The van der Waals surface area contributed by atoms with Gasteiger partial charge in [-0.1, -0.05) is 36.4 Å². The fourth-order valence-corrected chi connectivity index (χ4v) is 4.79. The SMILES string of the molecule is O=S(=O)(c1cccc2ccccc12)N1CC[C@@H](Oc2ccncn2)C1. The molecule has 2 heterocycles. The Kier molecular flexibility index (Phi) is 4.10. The molecule has 0 spiro atoms. The van der Waals surface area contributed by atoms with Crippen molar-refractivity contribution in [1.82, 2.24) is 14.3 Å². The van der Waals surface area contributed by atoms with Gasteiger partial charge in [0.05, 0.1) is 11.4 Å². The number of rotatable bonds is 4. The second-order valence-corrected chi connectivity index (χ2v) is 7.82. The van der Waals surface area contributed by atoms with E-state index >= 15 is 0 Å². The van der Waals surface area contributed by atoms with Crippen LogP contribution in [-0.2, 0) is 10.0 Å². The molecule has 0 radical (unpaired) electrons. The fraction of sp³-hybridized carbons (Fsp3) is 0.222.